The molecule has 2 nitrogen and oxygen atoms in total. The zero-order valence-corrected chi connectivity index (χ0v) is 9.13. The molecule has 0 aliphatic carbocycles. The van der Waals surface area contributed by atoms with Gasteiger partial charge in [-0.2, -0.15) is 0 Å². The van der Waals surface area contributed by atoms with Gasteiger partial charge < -0.3 is 4.74 Å². The zero-order chi connectivity index (χ0) is 12.0. The summed E-state index contributed by atoms with van der Waals surface area (Å²) in [5.74, 6) is -2.01. The molecule has 4 heteroatoms. The third kappa shape index (κ3) is 3.70. The molecule has 0 radical (unpaired) electrons. The Labute approximate surface area is 93.2 Å². The fraction of sp³-hybridized carbons (Fsp3) is 0.417. The van der Waals surface area contributed by atoms with Crippen molar-refractivity contribution in [2.24, 2.45) is 0 Å². The van der Waals surface area contributed by atoms with E-state index >= 15 is 0 Å². The Kier molecular flexibility index (Phi) is 5.05. The van der Waals surface area contributed by atoms with Gasteiger partial charge in [-0.3, -0.25) is 4.79 Å². The Morgan fingerprint density at radius 2 is 2.12 bits per heavy atom. The van der Waals surface area contributed by atoms with Gasteiger partial charge in [0.15, 0.2) is 11.6 Å². The highest BCUT2D eigenvalue weighted by molar-refractivity contribution is 5.80. The van der Waals surface area contributed by atoms with E-state index in [9.17, 15) is 13.6 Å². The highest BCUT2D eigenvalue weighted by Gasteiger charge is 2.11. The van der Waals surface area contributed by atoms with Gasteiger partial charge in [-0.15, -0.1) is 0 Å². The van der Waals surface area contributed by atoms with Crippen LogP contribution in [0.5, 0.6) is 0 Å². The maximum Gasteiger partial charge on any atom is 0.162 e. The second-order valence-electron chi connectivity index (χ2n) is 3.38. The van der Waals surface area contributed by atoms with Crippen molar-refractivity contribution in [2.45, 2.75) is 19.8 Å². The minimum atomic E-state index is -0.938. The van der Waals surface area contributed by atoms with Gasteiger partial charge in [-0.05, 0) is 18.6 Å². The van der Waals surface area contributed by atoms with Gasteiger partial charge in [0.1, 0.15) is 5.78 Å². The predicted octanol–water partition coefficient (Wildman–Crippen LogP) is 2.50. The molecule has 1 rings (SSSR count). The van der Waals surface area contributed by atoms with Crippen LogP contribution in [0.2, 0.25) is 0 Å². The van der Waals surface area contributed by atoms with Crippen LogP contribution in [0, 0.1) is 11.6 Å². The smallest absolute Gasteiger partial charge is 0.162 e. The van der Waals surface area contributed by atoms with Crippen molar-refractivity contribution in [1.29, 1.82) is 0 Å². The van der Waals surface area contributed by atoms with Crippen molar-refractivity contribution in [3.8, 4) is 0 Å². The number of ketones is 1. The van der Waals surface area contributed by atoms with E-state index in [4.69, 9.17) is 4.74 Å². The van der Waals surface area contributed by atoms with Gasteiger partial charge in [0, 0.05) is 19.4 Å². The summed E-state index contributed by atoms with van der Waals surface area (Å²) < 4.78 is 31.0. The molecule has 0 fully saturated rings. The third-order valence-electron chi connectivity index (χ3n) is 2.15. The number of rotatable bonds is 6. The third-order valence-corrected chi connectivity index (χ3v) is 2.15. The first kappa shape index (κ1) is 12.8. The van der Waals surface area contributed by atoms with E-state index < -0.39 is 11.6 Å². The molecule has 88 valence electrons. The minimum Gasteiger partial charge on any atom is -0.381 e. The average molecular weight is 228 g/mol. The van der Waals surface area contributed by atoms with Crippen LogP contribution in [-0.4, -0.2) is 19.0 Å². The number of carbonyl (C=O) groups excluding carboxylic acids is 1. The molecule has 1 aromatic carbocycles. The summed E-state index contributed by atoms with van der Waals surface area (Å²) in [6.07, 6.45) is 0.139. The standard InChI is InChI=1S/C12H14F2O2/c1-2-16-7-6-10(15)8-9-4-3-5-11(13)12(9)14/h3-5H,2,6-8H2,1H3. The van der Waals surface area contributed by atoms with Gasteiger partial charge in [0.2, 0.25) is 0 Å². The van der Waals surface area contributed by atoms with E-state index in [0.29, 0.717) is 13.2 Å². The molecule has 16 heavy (non-hydrogen) atoms. The Bertz CT molecular complexity index is 364. The maximum absolute atomic E-state index is 13.2. The molecule has 0 aliphatic rings. The average Bonchev–Trinajstić information content (AvgIpc) is 2.25. The second-order valence-corrected chi connectivity index (χ2v) is 3.38. The normalized spacial score (nSPS) is 10.4. The Morgan fingerprint density at radius 1 is 1.38 bits per heavy atom. The van der Waals surface area contributed by atoms with Crippen molar-refractivity contribution in [2.75, 3.05) is 13.2 Å². The van der Waals surface area contributed by atoms with Gasteiger partial charge in [0.05, 0.1) is 6.61 Å². The number of hydrogen-bond donors (Lipinski definition) is 0. The highest BCUT2D eigenvalue weighted by Crippen LogP contribution is 2.12. The molecule has 0 N–H and O–H groups in total. The van der Waals surface area contributed by atoms with Crippen molar-refractivity contribution >= 4 is 5.78 Å². The summed E-state index contributed by atoms with van der Waals surface area (Å²) in [6.45, 7) is 2.70. The summed E-state index contributed by atoms with van der Waals surface area (Å²) in [5, 5.41) is 0. The number of benzene rings is 1. The molecule has 0 bridgehead atoms. The van der Waals surface area contributed by atoms with Crippen LogP contribution in [0.3, 0.4) is 0 Å². The fourth-order valence-corrected chi connectivity index (χ4v) is 1.32. The van der Waals surface area contributed by atoms with Crippen LogP contribution in [0.1, 0.15) is 18.9 Å². The van der Waals surface area contributed by atoms with Crippen LogP contribution in [0.25, 0.3) is 0 Å². The van der Waals surface area contributed by atoms with Crippen molar-refractivity contribution in [1.82, 2.24) is 0 Å². The molecule has 0 amide bonds. The molecule has 0 spiro atoms. The van der Waals surface area contributed by atoms with E-state index in [-0.39, 0.29) is 24.2 Å². The quantitative estimate of drug-likeness (QED) is 0.699. The summed E-state index contributed by atoms with van der Waals surface area (Å²) in [4.78, 5) is 11.4. The molecular formula is C12H14F2O2. The van der Waals surface area contributed by atoms with E-state index in [1.165, 1.54) is 12.1 Å². The molecule has 1 aromatic rings. The number of hydrogen-bond acceptors (Lipinski definition) is 2. The number of carbonyl (C=O) groups is 1. The second kappa shape index (κ2) is 6.33. The van der Waals surface area contributed by atoms with Gasteiger partial charge in [0.25, 0.3) is 0 Å². The fourth-order valence-electron chi connectivity index (χ4n) is 1.32. The topological polar surface area (TPSA) is 26.3 Å². The molecular weight excluding hydrogens is 214 g/mol. The van der Waals surface area contributed by atoms with Crippen LogP contribution in [-0.2, 0) is 16.0 Å². The number of Topliss-reactive ketones (excluding diaryl/α,β-unsaturated/α-hetero) is 1. The Morgan fingerprint density at radius 3 is 2.81 bits per heavy atom. The van der Waals surface area contributed by atoms with Crippen molar-refractivity contribution in [3.05, 3.63) is 35.4 Å². The largest absolute Gasteiger partial charge is 0.381 e. The number of ether oxygens (including phenoxy) is 1. The molecule has 0 saturated carbocycles. The molecule has 0 aromatic heterocycles. The van der Waals surface area contributed by atoms with Crippen molar-refractivity contribution < 1.29 is 18.3 Å². The van der Waals surface area contributed by atoms with Gasteiger partial charge in [-0.1, -0.05) is 12.1 Å². The van der Waals surface area contributed by atoms with Crippen LogP contribution >= 0.6 is 0 Å². The van der Waals surface area contributed by atoms with E-state index in [1.807, 2.05) is 6.92 Å². The maximum atomic E-state index is 13.2. The lowest BCUT2D eigenvalue weighted by atomic mass is 10.1. The lowest BCUT2D eigenvalue weighted by Crippen LogP contribution is -2.09. The first-order valence-electron chi connectivity index (χ1n) is 5.17. The summed E-state index contributed by atoms with van der Waals surface area (Å²) in [5.41, 5.74) is 0.0986. The molecule has 0 heterocycles. The molecule has 0 saturated heterocycles. The molecule has 0 aliphatic heterocycles. The monoisotopic (exact) mass is 228 g/mol. The number of halogens is 2. The SMILES string of the molecule is CCOCCC(=O)Cc1cccc(F)c1F. The molecule has 0 unspecified atom stereocenters. The lowest BCUT2D eigenvalue weighted by Gasteiger charge is -2.03. The summed E-state index contributed by atoms with van der Waals surface area (Å²) in [6, 6.07) is 3.84. The van der Waals surface area contributed by atoms with Gasteiger partial charge >= 0.3 is 0 Å². The summed E-state index contributed by atoms with van der Waals surface area (Å²) >= 11 is 0. The zero-order valence-electron chi connectivity index (χ0n) is 9.13. The van der Waals surface area contributed by atoms with Crippen LogP contribution in [0.15, 0.2) is 18.2 Å². The predicted molar refractivity (Wildman–Crippen MR) is 56.2 cm³/mol. The van der Waals surface area contributed by atoms with Crippen molar-refractivity contribution in [3.63, 3.8) is 0 Å². The van der Waals surface area contributed by atoms with E-state index in [2.05, 4.69) is 0 Å². The Balaban J connectivity index is 2.53. The minimum absolute atomic E-state index is 0.0866. The van der Waals surface area contributed by atoms with E-state index in [0.717, 1.165) is 6.07 Å². The van der Waals surface area contributed by atoms with Crippen LogP contribution in [0.4, 0.5) is 8.78 Å². The first-order chi connectivity index (χ1) is 7.65. The first-order valence-corrected chi connectivity index (χ1v) is 5.17. The van der Waals surface area contributed by atoms with Gasteiger partial charge in [-0.25, -0.2) is 8.78 Å². The Hall–Kier alpha value is -1.29. The lowest BCUT2D eigenvalue weighted by molar-refractivity contribution is -0.119. The van der Waals surface area contributed by atoms with E-state index in [1.54, 1.807) is 0 Å². The van der Waals surface area contributed by atoms with Crippen LogP contribution < -0.4 is 0 Å². The molecule has 0 atom stereocenters. The summed E-state index contributed by atoms with van der Waals surface area (Å²) in [7, 11) is 0. The highest BCUT2D eigenvalue weighted by atomic mass is 19.2.